The van der Waals surface area contributed by atoms with Gasteiger partial charge in [0.25, 0.3) is 0 Å². The first kappa shape index (κ1) is 12.1. The molecular weight excluding hydrogens is 238 g/mol. The van der Waals surface area contributed by atoms with E-state index in [1.807, 2.05) is 0 Å². The van der Waals surface area contributed by atoms with Crippen molar-refractivity contribution < 1.29 is 13.2 Å². The SMILES string of the molecule is CC(=O)N(C)c1ccc2c(c1)CCCS2(=O)=O. The Morgan fingerprint density at radius 2 is 2.06 bits per heavy atom. The molecule has 0 saturated heterocycles. The molecular formula is C12H15NO3S. The summed E-state index contributed by atoms with van der Waals surface area (Å²) in [6.07, 6.45) is 1.41. The summed E-state index contributed by atoms with van der Waals surface area (Å²) < 4.78 is 23.6. The second kappa shape index (κ2) is 4.14. The van der Waals surface area contributed by atoms with E-state index in [0.717, 1.165) is 17.7 Å². The van der Waals surface area contributed by atoms with Gasteiger partial charge in [0.05, 0.1) is 10.6 Å². The molecule has 0 fully saturated rings. The Morgan fingerprint density at radius 3 is 2.71 bits per heavy atom. The van der Waals surface area contributed by atoms with Crippen LogP contribution in [0.5, 0.6) is 0 Å². The molecule has 1 aliphatic rings. The van der Waals surface area contributed by atoms with Crippen molar-refractivity contribution in [2.75, 3.05) is 17.7 Å². The third-order valence-electron chi connectivity index (χ3n) is 3.10. The van der Waals surface area contributed by atoms with E-state index in [-0.39, 0.29) is 11.7 Å². The second-order valence-electron chi connectivity index (χ2n) is 4.29. The van der Waals surface area contributed by atoms with E-state index in [1.54, 1.807) is 25.2 Å². The molecule has 1 heterocycles. The lowest BCUT2D eigenvalue weighted by molar-refractivity contribution is -0.116. The third kappa shape index (κ3) is 2.20. The second-order valence-corrected chi connectivity index (χ2v) is 6.37. The van der Waals surface area contributed by atoms with Crippen molar-refractivity contribution in [3.8, 4) is 0 Å². The smallest absolute Gasteiger partial charge is 0.223 e. The first-order chi connectivity index (χ1) is 7.92. The number of sulfone groups is 1. The highest BCUT2D eigenvalue weighted by atomic mass is 32.2. The number of hydrogen-bond donors (Lipinski definition) is 0. The maximum atomic E-state index is 11.8. The lowest BCUT2D eigenvalue weighted by Gasteiger charge is -2.20. The fraction of sp³-hybridized carbons (Fsp3) is 0.417. The topological polar surface area (TPSA) is 54.5 Å². The van der Waals surface area contributed by atoms with Gasteiger partial charge in [-0.05, 0) is 36.6 Å². The molecule has 5 heteroatoms. The van der Waals surface area contributed by atoms with E-state index in [1.165, 1.54) is 11.8 Å². The number of benzene rings is 1. The van der Waals surface area contributed by atoms with Crippen LogP contribution in [0.1, 0.15) is 18.9 Å². The van der Waals surface area contributed by atoms with Crippen LogP contribution in [0.2, 0.25) is 0 Å². The number of hydrogen-bond acceptors (Lipinski definition) is 3. The summed E-state index contributed by atoms with van der Waals surface area (Å²) in [6.45, 7) is 1.48. The molecule has 1 amide bonds. The standard InChI is InChI=1S/C12H15NO3S/c1-9(14)13(2)11-5-6-12-10(8-11)4-3-7-17(12,15)16/h5-6,8H,3-4,7H2,1-2H3. The molecule has 0 bridgehead atoms. The monoisotopic (exact) mass is 253 g/mol. The van der Waals surface area contributed by atoms with Crippen LogP contribution < -0.4 is 4.90 Å². The molecule has 1 aromatic carbocycles. The van der Waals surface area contributed by atoms with Gasteiger partial charge in [0.15, 0.2) is 9.84 Å². The fourth-order valence-electron chi connectivity index (χ4n) is 2.02. The Kier molecular flexibility index (Phi) is 2.95. The van der Waals surface area contributed by atoms with Crippen LogP contribution in [0.15, 0.2) is 23.1 Å². The summed E-state index contributed by atoms with van der Waals surface area (Å²) >= 11 is 0. The Hall–Kier alpha value is -1.36. The molecule has 92 valence electrons. The number of aryl methyl sites for hydroxylation is 1. The number of anilines is 1. The minimum absolute atomic E-state index is 0.0661. The summed E-state index contributed by atoms with van der Waals surface area (Å²) in [4.78, 5) is 13.2. The van der Waals surface area contributed by atoms with Crippen molar-refractivity contribution in [3.05, 3.63) is 23.8 Å². The molecule has 0 spiro atoms. The van der Waals surface area contributed by atoms with Crippen molar-refractivity contribution >= 4 is 21.4 Å². The van der Waals surface area contributed by atoms with Gasteiger partial charge >= 0.3 is 0 Å². The number of rotatable bonds is 1. The number of carbonyl (C=O) groups is 1. The highest BCUT2D eigenvalue weighted by Crippen LogP contribution is 2.28. The molecule has 0 N–H and O–H groups in total. The van der Waals surface area contributed by atoms with Crippen molar-refractivity contribution in [2.45, 2.75) is 24.7 Å². The zero-order valence-corrected chi connectivity index (χ0v) is 10.8. The lowest BCUT2D eigenvalue weighted by Crippen LogP contribution is -2.24. The largest absolute Gasteiger partial charge is 0.316 e. The minimum atomic E-state index is -3.11. The summed E-state index contributed by atoms with van der Waals surface area (Å²) in [6, 6.07) is 5.09. The van der Waals surface area contributed by atoms with Gasteiger partial charge in [-0.2, -0.15) is 0 Å². The number of fused-ring (bicyclic) bond motifs is 1. The highest BCUT2D eigenvalue weighted by Gasteiger charge is 2.24. The van der Waals surface area contributed by atoms with E-state index in [0.29, 0.717) is 11.3 Å². The van der Waals surface area contributed by atoms with Gasteiger partial charge in [0, 0.05) is 19.7 Å². The van der Waals surface area contributed by atoms with Gasteiger partial charge in [0.2, 0.25) is 5.91 Å². The Bertz CT molecular complexity index is 563. The van der Waals surface area contributed by atoms with Crippen LogP contribution in [-0.4, -0.2) is 27.1 Å². The van der Waals surface area contributed by atoms with Gasteiger partial charge in [0.1, 0.15) is 0 Å². The molecule has 0 saturated carbocycles. The maximum absolute atomic E-state index is 11.8. The molecule has 0 atom stereocenters. The van der Waals surface area contributed by atoms with Crippen LogP contribution in [0, 0.1) is 0 Å². The summed E-state index contributed by atoms with van der Waals surface area (Å²) in [5.74, 6) is 0.158. The summed E-state index contributed by atoms with van der Waals surface area (Å²) in [5, 5.41) is 0. The van der Waals surface area contributed by atoms with Gasteiger partial charge in [-0.25, -0.2) is 8.42 Å². The average Bonchev–Trinajstić information content (AvgIpc) is 2.27. The van der Waals surface area contributed by atoms with Crippen molar-refractivity contribution in [1.82, 2.24) is 0 Å². The van der Waals surface area contributed by atoms with Gasteiger partial charge < -0.3 is 4.90 Å². The van der Waals surface area contributed by atoms with Gasteiger partial charge in [-0.3, -0.25) is 4.79 Å². The van der Waals surface area contributed by atoms with Crippen LogP contribution in [-0.2, 0) is 21.1 Å². The van der Waals surface area contributed by atoms with Crippen molar-refractivity contribution in [1.29, 1.82) is 0 Å². The summed E-state index contributed by atoms with van der Waals surface area (Å²) in [5.41, 5.74) is 1.57. The van der Waals surface area contributed by atoms with E-state index < -0.39 is 9.84 Å². The van der Waals surface area contributed by atoms with Crippen LogP contribution in [0.4, 0.5) is 5.69 Å². The van der Waals surface area contributed by atoms with Gasteiger partial charge in [-0.15, -0.1) is 0 Å². The molecule has 0 radical (unpaired) electrons. The van der Waals surface area contributed by atoms with E-state index >= 15 is 0 Å². The lowest BCUT2D eigenvalue weighted by atomic mass is 10.1. The highest BCUT2D eigenvalue weighted by molar-refractivity contribution is 7.91. The normalized spacial score (nSPS) is 17.3. The van der Waals surface area contributed by atoms with Crippen molar-refractivity contribution in [2.24, 2.45) is 0 Å². The molecule has 2 rings (SSSR count). The molecule has 0 unspecified atom stereocenters. The zero-order valence-electron chi connectivity index (χ0n) is 9.93. The fourth-order valence-corrected chi connectivity index (χ4v) is 3.60. The first-order valence-electron chi connectivity index (χ1n) is 5.52. The maximum Gasteiger partial charge on any atom is 0.223 e. The molecule has 1 aromatic rings. The van der Waals surface area contributed by atoms with Crippen LogP contribution in [0.3, 0.4) is 0 Å². The number of carbonyl (C=O) groups excluding carboxylic acids is 1. The predicted octanol–water partition coefficient (Wildman–Crippen LogP) is 1.39. The quantitative estimate of drug-likeness (QED) is 0.760. The van der Waals surface area contributed by atoms with Gasteiger partial charge in [-0.1, -0.05) is 0 Å². The number of nitrogens with zero attached hydrogens (tertiary/aromatic N) is 1. The Morgan fingerprint density at radius 1 is 1.35 bits per heavy atom. The van der Waals surface area contributed by atoms with E-state index in [9.17, 15) is 13.2 Å². The van der Waals surface area contributed by atoms with Crippen molar-refractivity contribution in [3.63, 3.8) is 0 Å². The Labute approximate surface area is 101 Å². The number of amides is 1. The molecule has 4 nitrogen and oxygen atoms in total. The third-order valence-corrected chi connectivity index (χ3v) is 4.99. The molecule has 0 aromatic heterocycles. The van der Waals surface area contributed by atoms with E-state index in [2.05, 4.69) is 0 Å². The van der Waals surface area contributed by atoms with Crippen LogP contribution >= 0.6 is 0 Å². The zero-order chi connectivity index (χ0) is 12.6. The van der Waals surface area contributed by atoms with Crippen LogP contribution in [0.25, 0.3) is 0 Å². The molecule has 1 aliphatic heterocycles. The van der Waals surface area contributed by atoms with E-state index in [4.69, 9.17) is 0 Å². The molecule has 17 heavy (non-hydrogen) atoms. The predicted molar refractivity (Wildman–Crippen MR) is 65.9 cm³/mol. The molecule has 0 aliphatic carbocycles. The first-order valence-corrected chi connectivity index (χ1v) is 7.17. The average molecular weight is 253 g/mol. The summed E-state index contributed by atoms with van der Waals surface area (Å²) in [7, 11) is -1.43. The Balaban J connectivity index is 2.48. The minimum Gasteiger partial charge on any atom is -0.316 e.